The molecule has 0 saturated carbocycles. The maximum Gasteiger partial charge on any atom is 0.0584 e. The quantitative estimate of drug-likeness (QED) is 0.792. The number of hydrogen-bond donors (Lipinski definition) is 1. The fourth-order valence-electron chi connectivity index (χ4n) is 1.22. The van der Waals surface area contributed by atoms with Gasteiger partial charge >= 0.3 is 0 Å². The van der Waals surface area contributed by atoms with Crippen molar-refractivity contribution in [3.63, 3.8) is 0 Å². The zero-order valence-electron chi connectivity index (χ0n) is 6.60. The smallest absolute Gasteiger partial charge is 0.0584 e. The Balaban J connectivity index is 2.82. The molecule has 1 heterocycles. The van der Waals surface area contributed by atoms with Crippen LogP contribution in [0.4, 0.5) is 5.69 Å². The lowest BCUT2D eigenvalue weighted by molar-refractivity contribution is 1.55. The lowest BCUT2D eigenvalue weighted by Gasteiger charge is -2.02. The van der Waals surface area contributed by atoms with E-state index in [1.165, 1.54) is 19.3 Å². The summed E-state index contributed by atoms with van der Waals surface area (Å²) < 4.78 is 2.67. The summed E-state index contributed by atoms with van der Waals surface area (Å²) in [7, 11) is 1.96. The summed E-state index contributed by atoms with van der Waals surface area (Å²) in [6, 6.07) is 6.44. The Bertz CT molecular complexity index is 408. The van der Waals surface area contributed by atoms with Gasteiger partial charge in [-0.25, -0.2) is 0 Å². The second-order valence-electron chi connectivity index (χ2n) is 2.51. The third kappa shape index (κ3) is 1.21. The van der Waals surface area contributed by atoms with Gasteiger partial charge in [-0.3, -0.25) is 0 Å². The van der Waals surface area contributed by atoms with Crippen LogP contribution in [0.2, 0.25) is 0 Å². The molecule has 0 fully saturated rings. The lowest BCUT2D eigenvalue weighted by atomic mass is 10.2. The summed E-state index contributed by atoms with van der Waals surface area (Å²) in [6.45, 7) is 0. The van der Waals surface area contributed by atoms with Crippen LogP contribution in [0.1, 0.15) is 0 Å². The van der Waals surface area contributed by atoms with Gasteiger partial charge in [-0.15, -0.1) is 11.3 Å². The van der Waals surface area contributed by atoms with E-state index in [-0.39, 0.29) is 0 Å². The molecule has 0 aliphatic carbocycles. The van der Waals surface area contributed by atoms with Crippen LogP contribution in [0.15, 0.2) is 23.6 Å². The Labute approximate surface area is 88.9 Å². The van der Waals surface area contributed by atoms with Gasteiger partial charge in [0.15, 0.2) is 0 Å². The Morgan fingerprint density at radius 2 is 2.17 bits per heavy atom. The fourth-order valence-corrected chi connectivity index (χ4v) is 2.98. The standard InChI is InChI=1S/C9H8INS/c1-11-8-3-2-7(10)6-4-5-12-9(6)8/h2-5,11H,1H3. The summed E-state index contributed by atoms with van der Waals surface area (Å²) in [5.41, 5.74) is 1.22. The van der Waals surface area contributed by atoms with Gasteiger partial charge in [-0.1, -0.05) is 0 Å². The van der Waals surface area contributed by atoms with Gasteiger partial charge in [0.25, 0.3) is 0 Å². The maximum absolute atomic E-state index is 3.19. The predicted octanol–water partition coefficient (Wildman–Crippen LogP) is 3.55. The van der Waals surface area contributed by atoms with Crippen LogP contribution in [0.25, 0.3) is 10.1 Å². The zero-order chi connectivity index (χ0) is 8.55. The normalized spacial score (nSPS) is 10.5. The van der Waals surface area contributed by atoms with E-state index >= 15 is 0 Å². The predicted molar refractivity (Wildman–Crippen MR) is 64.1 cm³/mol. The lowest BCUT2D eigenvalue weighted by Crippen LogP contribution is -1.87. The first-order valence-electron chi connectivity index (χ1n) is 3.66. The highest BCUT2D eigenvalue weighted by atomic mass is 127. The molecule has 2 rings (SSSR count). The fraction of sp³-hybridized carbons (Fsp3) is 0.111. The Hall–Kier alpha value is -0.290. The number of halogens is 1. The molecule has 0 bridgehead atoms. The summed E-state index contributed by atoms with van der Waals surface area (Å²) in [4.78, 5) is 0. The SMILES string of the molecule is CNc1ccc(I)c2ccsc12. The third-order valence-electron chi connectivity index (χ3n) is 1.83. The van der Waals surface area contributed by atoms with Crippen molar-refractivity contribution in [3.05, 3.63) is 27.1 Å². The van der Waals surface area contributed by atoms with Crippen LogP contribution in [-0.2, 0) is 0 Å². The molecular weight excluding hydrogens is 281 g/mol. The molecule has 0 spiro atoms. The van der Waals surface area contributed by atoms with Crippen LogP contribution in [-0.4, -0.2) is 7.05 Å². The first-order chi connectivity index (χ1) is 5.83. The van der Waals surface area contributed by atoms with Crippen LogP contribution < -0.4 is 5.32 Å². The molecule has 2 aromatic rings. The largest absolute Gasteiger partial charge is 0.387 e. The van der Waals surface area contributed by atoms with E-state index in [1.807, 2.05) is 7.05 Å². The van der Waals surface area contributed by atoms with Gasteiger partial charge in [0.05, 0.1) is 10.4 Å². The van der Waals surface area contributed by atoms with Gasteiger partial charge in [0.1, 0.15) is 0 Å². The second-order valence-corrected chi connectivity index (χ2v) is 4.59. The molecule has 0 radical (unpaired) electrons. The molecule has 12 heavy (non-hydrogen) atoms. The van der Waals surface area contributed by atoms with E-state index in [1.54, 1.807) is 11.3 Å². The minimum Gasteiger partial charge on any atom is -0.387 e. The minimum absolute atomic E-state index is 1.22. The molecule has 0 aliphatic heterocycles. The first-order valence-corrected chi connectivity index (χ1v) is 5.62. The molecule has 0 atom stereocenters. The molecular formula is C9H8INS. The molecule has 0 unspecified atom stereocenters. The van der Waals surface area contributed by atoms with Gasteiger partial charge in [-0.2, -0.15) is 0 Å². The van der Waals surface area contributed by atoms with E-state index in [4.69, 9.17) is 0 Å². The second kappa shape index (κ2) is 3.22. The highest BCUT2D eigenvalue weighted by Crippen LogP contribution is 2.31. The number of thiophene rings is 1. The van der Waals surface area contributed by atoms with Gasteiger partial charge < -0.3 is 5.32 Å². The first kappa shape index (κ1) is 8.31. The number of rotatable bonds is 1. The Morgan fingerprint density at radius 3 is 2.92 bits per heavy atom. The van der Waals surface area contributed by atoms with Crippen LogP contribution >= 0.6 is 33.9 Å². The molecule has 0 saturated heterocycles. The highest BCUT2D eigenvalue weighted by Gasteiger charge is 2.03. The number of hydrogen-bond acceptors (Lipinski definition) is 2. The minimum atomic E-state index is 1.22. The molecule has 62 valence electrons. The van der Waals surface area contributed by atoms with Crippen LogP contribution in [0, 0.1) is 3.57 Å². The van der Waals surface area contributed by atoms with Crippen molar-refractivity contribution >= 4 is 49.7 Å². The third-order valence-corrected chi connectivity index (χ3v) is 3.72. The number of nitrogens with one attached hydrogen (secondary N) is 1. The van der Waals surface area contributed by atoms with Crippen molar-refractivity contribution in [2.24, 2.45) is 0 Å². The topological polar surface area (TPSA) is 12.0 Å². The molecule has 1 N–H and O–H groups in total. The van der Waals surface area contributed by atoms with Gasteiger partial charge in [0, 0.05) is 16.0 Å². The van der Waals surface area contributed by atoms with Crippen LogP contribution in [0.3, 0.4) is 0 Å². The molecule has 1 aromatic carbocycles. The summed E-state index contributed by atoms with van der Waals surface area (Å²) in [5, 5.41) is 6.68. The van der Waals surface area contributed by atoms with Crippen molar-refractivity contribution in [1.29, 1.82) is 0 Å². The maximum atomic E-state index is 3.19. The average molecular weight is 289 g/mol. The van der Waals surface area contributed by atoms with E-state index in [2.05, 4.69) is 51.5 Å². The zero-order valence-corrected chi connectivity index (χ0v) is 9.57. The Kier molecular flexibility index (Phi) is 2.23. The monoisotopic (exact) mass is 289 g/mol. The van der Waals surface area contributed by atoms with Gasteiger partial charge in [0.2, 0.25) is 0 Å². The van der Waals surface area contributed by atoms with Gasteiger partial charge in [-0.05, 0) is 46.2 Å². The van der Waals surface area contributed by atoms with E-state index in [0.717, 1.165) is 0 Å². The van der Waals surface area contributed by atoms with Crippen LogP contribution in [0.5, 0.6) is 0 Å². The summed E-state index contributed by atoms with van der Waals surface area (Å²) in [6.07, 6.45) is 0. The van der Waals surface area contributed by atoms with Crippen molar-refractivity contribution in [3.8, 4) is 0 Å². The van der Waals surface area contributed by atoms with Crippen molar-refractivity contribution in [2.75, 3.05) is 12.4 Å². The molecule has 0 amide bonds. The molecule has 3 heteroatoms. The molecule has 1 aromatic heterocycles. The molecule has 0 aliphatic rings. The van der Waals surface area contributed by atoms with Crippen molar-refractivity contribution in [2.45, 2.75) is 0 Å². The van der Waals surface area contributed by atoms with E-state index in [0.29, 0.717) is 0 Å². The van der Waals surface area contributed by atoms with Crippen molar-refractivity contribution < 1.29 is 0 Å². The summed E-state index contributed by atoms with van der Waals surface area (Å²) in [5.74, 6) is 0. The van der Waals surface area contributed by atoms with E-state index in [9.17, 15) is 0 Å². The average Bonchev–Trinajstić information content (AvgIpc) is 2.54. The molecule has 1 nitrogen and oxygen atoms in total. The van der Waals surface area contributed by atoms with E-state index < -0.39 is 0 Å². The Morgan fingerprint density at radius 1 is 1.33 bits per heavy atom. The number of anilines is 1. The highest BCUT2D eigenvalue weighted by molar-refractivity contribution is 14.1. The van der Waals surface area contributed by atoms with Crippen molar-refractivity contribution in [1.82, 2.24) is 0 Å². The number of benzene rings is 1. The summed E-state index contributed by atoms with van der Waals surface area (Å²) >= 11 is 4.15. The number of fused-ring (bicyclic) bond motifs is 1.